The zero-order valence-corrected chi connectivity index (χ0v) is 19.2. The predicted molar refractivity (Wildman–Crippen MR) is 128 cm³/mol. The molecule has 3 aromatic carbocycles. The first-order valence-electron chi connectivity index (χ1n) is 9.08. The fraction of sp³-hybridized carbons (Fsp3) is 0.0435. The minimum atomic E-state index is 0.695. The van der Waals surface area contributed by atoms with Gasteiger partial charge < -0.3 is 4.74 Å². The standard InChI is InChI=1S/C23H17BrClN3OS/c1-29-20-12-10-19(11-13-20)27-23-28(26-14-17-4-2-3-5-21(17)24)22(15-30-23)16-6-8-18(25)9-7-16/h2-15H,1H3/b26-14-,27-23?. The van der Waals surface area contributed by atoms with Crippen molar-refractivity contribution in [3.63, 3.8) is 0 Å². The molecular weight excluding hydrogens is 482 g/mol. The molecule has 0 aliphatic heterocycles. The van der Waals surface area contributed by atoms with Crippen molar-refractivity contribution >= 4 is 50.8 Å². The lowest BCUT2D eigenvalue weighted by molar-refractivity contribution is 0.415. The molecule has 1 heterocycles. The van der Waals surface area contributed by atoms with Crippen molar-refractivity contribution in [2.45, 2.75) is 0 Å². The zero-order valence-electron chi connectivity index (χ0n) is 16.0. The third-order valence-corrected chi connectivity index (χ3v) is 6.13. The highest BCUT2D eigenvalue weighted by atomic mass is 79.9. The Morgan fingerprint density at radius 2 is 1.73 bits per heavy atom. The first kappa shape index (κ1) is 20.6. The first-order valence-corrected chi connectivity index (χ1v) is 11.1. The molecule has 0 aliphatic carbocycles. The summed E-state index contributed by atoms with van der Waals surface area (Å²) in [4.78, 5) is 5.55. The largest absolute Gasteiger partial charge is 0.497 e. The van der Waals surface area contributed by atoms with Gasteiger partial charge in [-0.15, -0.1) is 11.3 Å². The average molecular weight is 499 g/mol. The first-order chi connectivity index (χ1) is 14.6. The lowest BCUT2D eigenvalue weighted by atomic mass is 10.2. The molecule has 0 unspecified atom stereocenters. The van der Waals surface area contributed by atoms with E-state index in [1.54, 1.807) is 7.11 Å². The molecule has 150 valence electrons. The molecule has 0 radical (unpaired) electrons. The molecule has 30 heavy (non-hydrogen) atoms. The van der Waals surface area contributed by atoms with Gasteiger partial charge in [-0.25, -0.2) is 9.67 Å². The summed E-state index contributed by atoms with van der Waals surface area (Å²) in [5.41, 5.74) is 3.75. The molecule has 0 N–H and O–H groups in total. The second kappa shape index (κ2) is 9.43. The van der Waals surface area contributed by atoms with Crippen molar-refractivity contribution < 1.29 is 4.74 Å². The maximum atomic E-state index is 6.07. The summed E-state index contributed by atoms with van der Waals surface area (Å²) in [5, 5.41) is 7.49. The third-order valence-electron chi connectivity index (χ3n) is 4.34. The molecule has 4 aromatic rings. The second-order valence-corrected chi connectivity index (χ2v) is 8.43. The van der Waals surface area contributed by atoms with Crippen LogP contribution in [0.5, 0.6) is 5.75 Å². The van der Waals surface area contributed by atoms with Crippen LogP contribution in [-0.2, 0) is 0 Å². The molecule has 0 saturated heterocycles. The van der Waals surface area contributed by atoms with E-state index in [-0.39, 0.29) is 0 Å². The fourth-order valence-electron chi connectivity index (χ4n) is 2.77. The Hall–Kier alpha value is -2.67. The van der Waals surface area contributed by atoms with Crippen molar-refractivity contribution in [3.05, 3.63) is 98.0 Å². The van der Waals surface area contributed by atoms with Crippen LogP contribution in [0, 0.1) is 0 Å². The number of hydrogen-bond acceptors (Lipinski definition) is 4. The highest BCUT2D eigenvalue weighted by Gasteiger charge is 2.08. The predicted octanol–water partition coefficient (Wildman–Crippen LogP) is 6.76. The van der Waals surface area contributed by atoms with Gasteiger partial charge in [0.05, 0.1) is 24.7 Å². The Morgan fingerprint density at radius 3 is 2.43 bits per heavy atom. The minimum Gasteiger partial charge on any atom is -0.497 e. The van der Waals surface area contributed by atoms with Crippen LogP contribution in [0.15, 0.2) is 92.7 Å². The van der Waals surface area contributed by atoms with Crippen molar-refractivity contribution in [3.8, 4) is 17.0 Å². The number of methoxy groups -OCH3 is 1. The van der Waals surface area contributed by atoms with Crippen LogP contribution in [-0.4, -0.2) is 18.0 Å². The van der Waals surface area contributed by atoms with E-state index in [1.807, 2.05) is 89.1 Å². The Bertz CT molecular complexity index is 1240. The van der Waals surface area contributed by atoms with Gasteiger partial charge in [0.15, 0.2) is 0 Å². The van der Waals surface area contributed by atoms with Gasteiger partial charge in [-0.3, -0.25) is 0 Å². The quantitative estimate of drug-likeness (QED) is 0.280. The molecule has 4 nitrogen and oxygen atoms in total. The van der Waals surface area contributed by atoms with Crippen LogP contribution in [0.25, 0.3) is 11.3 Å². The summed E-state index contributed by atoms with van der Waals surface area (Å²) < 4.78 is 8.05. The number of hydrogen-bond donors (Lipinski definition) is 0. The number of rotatable bonds is 5. The molecule has 0 saturated carbocycles. The summed E-state index contributed by atoms with van der Waals surface area (Å²) in [6.07, 6.45) is 1.82. The van der Waals surface area contributed by atoms with Crippen LogP contribution in [0.2, 0.25) is 5.02 Å². The van der Waals surface area contributed by atoms with E-state index in [2.05, 4.69) is 15.9 Å². The lowest BCUT2D eigenvalue weighted by Gasteiger charge is -2.04. The highest BCUT2D eigenvalue weighted by molar-refractivity contribution is 9.10. The number of halogens is 2. The molecular formula is C23H17BrClN3OS. The molecule has 7 heteroatoms. The van der Waals surface area contributed by atoms with E-state index in [9.17, 15) is 0 Å². The number of nitrogens with zero attached hydrogens (tertiary/aromatic N) is 3. The average Bonchev–Trinajstić information content (AvgIpc) is 3.16. The van der Waals surface area contributed by atoms with E-state index >= 15 is 0 Å². The van der Waals surface area contributed by atoms with E-state index < -0.39 is 0 Å². The molecule has 0 fully saturated rings. The maximum Gasteiger partial charge on any atom is 0.211 e. The molecule has 4 rings (SSSR count). The van der Waals surface area contributed by atoms with E-state index in [4.69, 9.17) is 26.4 Å². The summed E-state index contributed by atoms with van der Waals surface area (Å²) in [5.74, 6) is 0.793. The maximum absolute atomic E-state index is 6.07. The van der Waals surface area contributed by atoms with Gasteiger partial charge in [-0.05, 0) is 42.5 Å². The molecule has 0 bridgehead atoms. The van der Waals surface area contributed by atoms with E-state index in [0.29, 0.717) is 5.02 Å². The van der Waals surface area contributed by atoms with Gasteiger partial charge >= 0.3 is 0 Å². The van der Waals surface area contributed by atoms with Crippen molar-refractivity contribution in [2.75, 3.05) is 7.11 Å². The monoisotopic (exact) mass is 497 g/mol. The van der Waals surface area contributed by atoms with Crippen molar-refractivity contribution in [1.82, 2.24) is 4.68 Å². The summed E-state index contributed by atoms with van der Waals surface area (Å²) in [6.45, 7) is 0. The van der Waals surface area contributed by atoms with Crippen molar-refractivity contribution in [2.24, 2.45) is 10.1 Å². The van der Waals surface area contributed by atoms with Gasteiger partial charge in [-0.1, -0.05) is 57.9 Å². The number of aromatic nitrogens is 1. The van der Waals surface area contributed by atoms with Crippen LogP contribution >= 0.6 is 38.9 Å². The Morgan fingerprint density at radius 1 is 1.00 bits per heavy atom. The summed E-state index contributed by atoms with van der Waals surface area (Å²) >= 11 is 11.2. The smallest absolute Gasteiger partial charge is 0.211 e. The van der Waals surface area contributed by atoms with Crippen LogP contribution in [0.3, 0.4) is 0 Å². The van der Waals surface area contributed by atoms with E-state index in [1.165, 1.54) is 11.3 Å². The summed E-state index contributed by atoms with van der Waals surface area (Å²) in [6, 6.07) is 23.3. The summed E-state index contributed by atoms with van der Waals surface area (Å²) in [7, 11) is 1.65. The molecule has 0 aliphatic rings. The minimum absolute atomic E-state index is 0.695. The zero-order chi connectivity index (χ0) is 20.9. The lowest BCUT2D eigenvalue weighted by Crippen LogP contribution is -2.11. The molecule has 1 aromatic heterocycles. The third kappa shape index (κ3) is 4.73. The van der Waals surface area contributed by atoms with Crippen molar-refractivity contribution in [1.29, 1.82) is 0 Å². The second-order valence-electron chi connectivity index (χ2n) is 6.30. The highest BCUT2D eigenvalue weighted by Crippen LogP contribution is 2.24. The fourth-order valence-corrected chi connectivity index (χ4v) is 4.14. The van der Waals surface area contributed by atoms with Gasteiger partial charge in [0.1, 0.15) is 5.75 Å². The number of ether oxygens (including phenoxy) is 1. The van der Waals surface area contributed by atoms with Crippen LogP contribution < -0.4 is 9.54 Å². The Labute approximate surface area is 191 Å². The van der Waals surface area contributed by atoms with Gasteiger partial charge in [-0.2, -0.15) is 5.10 Å². The Balaban J connectivity index is 1.82. The Kier molecular flexibility index (Phi) is 6.47. The topological polar surface area (TPSA) is 38.9 Å². The van der Waals surface area contributed by atoms with Crippen LogP contribution in [0.1, 0.15) is 5.56 Å². The van der Waals surface area contributed by atoms with Crippen LogP contribution in [0.4, 0.5) is 5.69 Å². The van der Waals surface area contributed by atoms with Gasteiger partial charge in [0, 0.05) is 26.0 Å². The number of benzene rings is 3. The van der Waals surface area contributed by atoms with Gasteiger partial charge in [0.2, 0.25) is 4.80 Å². The normalized spacial score (nSPS) is 11.9. The SMILES string of the molecule is COc1ccc(N=c2scc(-c3ccc(Cl)cc3)n2/N=C\c2ccccc2Br)cc1. The number of thiazole rings is 1. The molecule has 0 spiro atoms. The molecule has 0 atom stereocenters. The van der Waals surface area contributed by atoms with E-state index in [0.717, 1.165) is 37.5 Å². The molecule has 0 amide bonds. The van der Waals surface area contributed by atoms with Gasteiger partial charge in [0.25, 0.3) is 0 Å².